The summed E-state index contributed by atoms with van der Waals surface area (Å²) < 4.78 is 6.89. The third-order valence-electron chi connectivity index (χ3n) is 5.37. The van der Waals surface area contributed by atoms with Crippen molar-refractivity contribution in [1.29, 1.82) is 0 Å². The van der Waals surface area contributed by atoms with E-state index in [1.807, 2.05) is 29.5 Å². The molecule has 1 fully saturated rings. The fraction of sp³-hybridized carbons (Fsp3) is 0.273. The molecule has 1 unspecified atom stereocenters. The third-order valence-corrected chi connectivity index (χ3v) is 6.52. The molecule has 2 aromatic heterocycles. The summed E-state index contributed by atoms with van der Waals surface area (Å²) in [6.45, 7) is 2.05. The number of rotatable bonds is 4. The number of nitrogens with zero attached hydrogens (tertiary/aromatic N) is 2. The first kappa shape index (κ1) is 16.7. The molecule has 2 aromatic carbocycles. The standard InChI is InChI=1S/C22H21N3OS/c1-2-8-16(9-3-1)20-14-17(24-26-20)15-25-13-7-6-11-19(25)22-23-18-10-4-5-12-21(18)27-22/h1-5,8-10,12,14,19H,6-7,11,13,15H2/p+1/t19-/m0/s1. The smallest absolute Gasteiger partial charge is 0.167 e. The molecule has 27 heavy (non-hydrogen) atoms. The van der Waals surface area contributed by atoms with Gasteiger partial charge in [0.05, 0.1) is 16.8 Å². The molecule has 1 saturated heterocycles. The number of likely N-dealkylation sites (tertiary alicyclic amines) is 1. The van der Waals surface area contributed by atoms with Gasteiger partial charge >= 0.3 is 0 Å². The molecular formula is C22H22N3OS+. The average Bonchev–Trinajstić information content (AvgIpc) is 3.36. The van der Waals surface area contributed by atoms with Gasteiger partial charge in [0.2, 0.25) is 0 Å². The predicted molar refractivity (Wildman–Crippen MR) is 108 cm³/mol. The highest BCUT2D eigenvalue weighted by molar-refractivity contribution is 7.18. The molecule has 5 rings (SSSR count). The molecule has 4 aromatic rings. The van der Waals surface area contributed by atoms with Crippen LogP contribution in [0, 0.1) is 0 Å². The lowest BCUT2D eigenvalue weighted by molar-refractivity contribution is -0.950. The van der Waals surface area contributed by atoms with E-state index in [4.69, 9.17) is 9.51 Å². The lowest BCUT2D eigenvalue weighted by atomic mass is 10.0. The molecule has 5 heteroatoms. The van der Waals surface area contributed by atoms with Gasteiger partial charge in [-0.2, -0.15) is 0 Å². The quantitative estimate of drug-likeness (QED) is 0.579. The number of fused-ring (bicyclic) bond motifs is 1. The second-order valence-corrected chi connectivity index (χ2v) is 8.26. The molecule has 4 nitrogen and oxygen atoms in total. The maximum absolute atomic E-state index is 5.60. The van der Waals surface area contributed by atoms with Crippen LogP contribution in [0.2, 0.25) is 0 Å². The molecule has 0 spiro atoms. The van der Waals surface area contributed by atoms with E-state index in [0.717, 1.165) is 35.6 Å². The Morgan fingerprint density at radius 1 is 1.04 bits per heavy atom. The normalized spacial score (nSPS) is 20.1. The number of para-hydroxylation sites is 1. The summed E-state index contributed by atoms with van der Waals surface area (Å²) in [5.41, 5.74) is 3.22. The first-order valence-electron chi connectivity index (χ1n) is 9.58. The van der Waals surface area contributed by atoms with Crippen LogP contribution in [0.4, 0.5) is 0 Å². The van der Waals surface area contributed by atoms with Gasteiger partial charge < -0.3 is 9.42 Å². The lowest BCUT2D eigenvalue weighted by Gasteiger charge is -2.30. The van der Waals surface area contributed by atoms with Crippen LogP contribution in [0.15, 0.2) is 65.2 Å². The summed E-state index contributed by atoms with van der Waals surface area (Å²) in [7, 11) is 0. The van der Waals surface area contributed by atoms with Crippen LogP contribution in [-0.4, -0.2) is 16.7 Å². The van der Waals surface area contributed by atoms with E-state index >= 15 is 0 Å². The molecule has 136 valence electrons. The van der Waals surface area contributed by atoms with E-state index in [-0.39, 0.29) is 0 Å². The summed E-state index contributed by atoms with van der Waals surface area (Å²) in [5, 5.41) is 5.61. The average molecular weight is 377 g/mol. The number of thiazole rings is 1. The highest BCUT2D eigenvalue weighted by atomic mass is 32.1. The topological polar surface area (TPSA) is 43.4 Å². The van der Waals surface area contributed by atoms with Gasteiger partial charge in [0.1, 0.15) is 18.3 Å². The van der Waals surface area contributed by atoms with E-state index in [0.29, 0.717) is 6.04 Å². The number of aromatic nitrogens is 2. The minimum atomic E-state index is 0.452. The molecule has 0 saturated carbocycles. The highest BCUT2D eigenvalue weighted by Gasteiger charge is 2.31. The monoisotopic (exact) mass is 376 g/mol. The van der Waals surface area contributed by atoms with E-state index in [1.165, 1.54) is 29.0 Å². The van der Waals surface area contributed by atoms with Crippen molar-refractivity contribution < 1.29 is 9.42 Å². The SMILES string of the molecule is c1ccc(-c2cc(C[NH+]3CCCC[C@H]3c3nc4ccccc4s3)no2)cc1. The fourth-order valence-corrected chi connectivity index (χ4v) is 5.15. The predicted octanol–water partition coefficient (Wildman–Crippen LogP) is 4.26. The minimum absolute atomic E-state index is 0.452. The Morgan fingerprint density at radius 3 is 2.78 bits per heavy atom. The van der Waals surface area contributed by atoms with Crippen molar-refractivity contribution >= 4 is 21.6 Å². The van der Waals surface area contributed by atoms with Gasteiger partial charge in [0, 0.05) is 18.1 Å². The Labute approximate surface area is 162 Å². The van der Waals surface area contributed by atoms with Crippen molar-refractivity contribution in [3.8, 4) is 11.3 Å². The first-order valence-corrected chi connectivity index (χ1v) is 10.4. The zero-order chi connectivity index (χ0) is 18.1. The first-order chi connectivity index (χ1) is 13.4. The summed E-state index contributed by atoms with van der Waals surface area (Å²) in [6.07, 6.45) is 3.73. The molecule has 0 radical (unpaired) electrons. The summed E-state index contributed by atoms with van der Waals surface area (Å²) >= 11 is 1.84. The van der Waals surface area contributed by atoms with E-state index < -0.39 is 0 Å². The molecule has 0 bridgehead atoms. The minimum Gasteiger partial charge on any atom is -0.356 e. The van der Waals surface area contributed by atoms with Crippen molar-refractivity contribution in [2.24, 2.45) is 0 Å². The van der Waals surface area contributed by atoms with Gasteiger partial charge in [-0.3, -0.25) is 0 Å². The van der Waals surface area contributed by atoms with Gasteiger partial charge in [-0.1, -0.05) is 47.6 Å². The van der Waals surface area contributed by atoms with Crippen LogP contribution in [0.5, 0.6) is 0 Å². The lowest BCUT2D eigenvalue weighted by Crippen LogP contribution is -3.11. The summed E-state index contributed by atoms with van der Waals surface area (Å²) in [5.74, 6) is 0.846. The third kappa shape index (κ3) is 3.40. The van der Waals surface area contributed by atoms with Crippen molar-refractivity contribution in [1.82, 2.24) is 10.1 Å². The second kappa shape index (κ2) is 7.25. The summed E-state index contributed by atoms with van der Waals surface area (Å²) in [4.78, 5) is 6.48. The molecule has 2 atom stereocenters. The molecule has 3 heterocycles. The van der Waals surface area contributed by atoms with Crippen molar-refractivity contribution in [3.63, 3.8) is 0 Å². The number of hydrogen-bond donors (Lipinski definition) is 1. The fourth-order valence-electron chi connectivity index (χ4n) is 3.99. The summed E-state index contributed by atoms with van der Waals surface area (Å²) in [6, 6.07) is 21.2. The van der Waals surface area contributed by atoms with Crippen LogP contribution in [0.25, 0.3) is 21.5 Å². The largest absolute Gasteiger partial charge is 0.356 e. The van der Waals surface area contributed by atoms with Crippen LogP contribution in [-0.2, 0) is 6.54 Å². The van der Waals surface area contributed by atoms with Gasteiger partial charge in [0.15, 0.2) is 10.8 Å². The Bertz CT molecular complexity index is 1010. The maximum Gasteiger partial charge on any atom is 0.167 e. The molecule has 0 aliphatic carbocycles. The molecule has 1 aliphatic rings. The molecule has 1 aliphatic heterocycles. The number of hydrogen-bond acceptors (Lipinski definition) is 4. The van der Waals surface area contributed by atoms with Gasteiger partial charge in [-0.25, -0.2) is 4.98 Å². The Balaban J connectivity index is 1.39. The van der Waals surface area contributed by atoms with Crippen molar-refractivity contribution in [2.45, 2.75) is 31.8 Å². The van der Waals surface area contributed by atoms with Crippen LogP contribution >= 0.6 is 11.3 Å². The number of benzene rings is 2. The Morgan fingerprint density at radius 2 is 1.89 bits per heavy atom. The van der Waals surface area contributed by atoms with E-state index in [9.17, 15) is 0 Å². The zero-order valence-electron chi connectivity index (χ0n) is 15.1. The zero-order valence-corrected chi connectivity index (χ0v) is 15.9. The van der Waals surface area contributed by atoms with Crippen molar-refractivity contribution in [2.75, 3.05) is 6.54 Å². The number of nitrogens with one attached hydrogen (secondary N) is 1. The van der Waals surface area contributed by atoms with Crippen molar-refractivity contribution in [3.05, 3.63) is 71.4 Å². The van der Waals surface area contributed by atoms with Gasteiger partial charge in [0.25, 0.3) is 0 Å². The Hall–Kier alpha value is -2.50. The number of quaternary nitrogens is 1. The van der Waals surface area contributed by atoms with E-state index in [2.05, 4.69) is 47.6 Å². The molecular weight excluding hydrogens is 354 g/mol. The maximum atomic E-state index is 5.60. The highest BCUT2D eigenvalue weighted by Crippen LogP contribution is 2.29. The molecule has 0 amide bonds. The Kier molecular flexibility index (Phi) is 4.47. The van der Waals surface area contributed by atoms with Gasteiger partial charge in [-0.15, -0.1) is 11.3 Å². The van der Waals surface area contributed by atoms with Gasteiger partial charge in [-0.05, 0) is 25.0 Å². The molecule has 1 N–H and O–H groups in total. The second-order valence-electron chi connectivity index (χ2n) is 7.20. The van der Waals surface area contributed by atoms with Crippen LogP contribution in [0.1, 0.15) is 36.0 Å². The number of piperidine rings is 1. The van der Waals surface area contributed by atoms with E-state index in [1.54, 1.807) is 4.90 Å². The van der Waals surface area contributed by atoms with Crippen LogP contribution in [0.3, 0.4) is 0 Å². The van der Waals surface area contributed by atoms with Crippen LogP contribution < -0.4 is 4.90 Å².